The summed E-state index contributed by atoms with van der Waals surface area (Å²) in [5, 5.41) is 4.72. The lowest BCUT2D eigenvalue weighted by Gasteiger charge is -2.11. The van der Waals surface area contributed by atoms with Crippen molar-refractivity contribution in [1.82, 2.24) is 21.5 Å². The number of carbonyl (C=O) groups excluding carboxylic acids is 4. The van der Waals surface area contributed by atoms with Crippen molar-refractivity contribution in [3.63, 3.8) is 0 Å². The molecule has 0 aliphatic carbocycles. The van der Waals surface area contributed by atoms with Crippen LogP contribution in [0.4, 0.5) is 0 Å². The summed E-state index contributed by atoms with van der Waals surface area (Å²) in [6.07, 6.45) is 1.43. The average Bonchev–Trinajstić information content (AvgIpc) is 3.22. The normalized spacial score (nSPS) is 9.89. The Morgan fingerprint density at radius 2 is 1.75 bits per heavy atom. The highest BCUT2D eigenvalue weighted by molar-refractivity contribution is 6.35. The standard InChI is InChI=1S/C18H20N4O6/c1-2-27-14-8-4-3-7-13(14)16(24)20-11-15(23)21-22-18(26)17(25)19-10-12-6-5-9-28-12/h3-9H,2,10-11H2,1H3,(H,19,25)(H,20,24)(H,21,23)(H,22,26). The van der Waals surface area contributed by atoms with Crippen LogP contribution in [-0.2, 0) is 20.9 Å². The predicted octanol–water partition coefficient (Wildman–Crippen LogP) is -0.128. The van der Waals surface area contributed by atoms with Gasteiger partial charge in [-0.25, -0.2) is 0 Å². The third-order valence-electron chi connectivity index (χ3n) is 3.37. The minimum absolute atomic E-state index is 0.0303. The largest absolute Gasteiger partial charge is 0.493 e. The van der Waals surface area contributed by atoms with E-state index in [-0.39, 0.29) is 12.1 Å². The highest BCUT2D eigenvalue weighted by atomic mass is 16.5. The summed E-state index contributed by atoms with van der Waals surface area (Å²) in [5.41, 5.74) is 4.26. The Kier molecular flexibility index (Phi) is 7.58. The van der Waals surface area contributed by atoms with Gasteiger partial charge >= 0.3 is 11.8 Å². The molecule has 28 heavy (non-hydrogen) atoms. The Hall–Kier alpha value is -3.82. The van der Waals surface area contributed by atoms with E-state index in [0.717, 1.165) is 0 Å². The van der Waals surface area contributed by atoms with E-state index in [9.17, 15) is 19.2 Å². The molecule has 10 heteroatoms. The summed E-state index contributed by atoms with van der Waals surface area (Å²) in [6, 6.07) is 9.86. The fourth-order valence-electron chi connectivity index (χ4n) is 2.08. The first-order valence-electron chi connectivity index (χ1n) is 8.40. The molecular weight excluding hydrogens is 368 g/mol. The summed E-state index contributed by atoms with van der Waals surface area (Å²) in [5.74, 6) is -2.37. The Morgan fingerprint density at radius 1 is 0.964 bits per heavy atom. The number of hydrogen-bond acceptors (Lipinski definition) is 6. The lowest BCUT2D eigenvalue weighted by molar-refractivity contribution is -0.141. The summed E-state index contributed by atoms with van der Waals surface area (Å²) in [7, 11) is 0. The van der Waals surface area contributed by atoms with Crippen molar-refractivity contribution in [3.8, 4) is 5.75 Å². The molecule has 4 N–H and O–H groups in total. The number of carbonyl (C=O) groups is 4. The van der Waals surface area contributed by atoms with Crippen LogP contribution in [0, 0.1) is 0 Å². The number of nitrogens with one attached hydrogen (secondary N) is 4. The topological polar surface area (TPSA) is 139 Å². The molecule has 10 nitrogen and oxygen atoms in total. The van der Waals surface area contributed by atoms with Gasteiger partial charge in [-0.05, 0) is 31.2 Å². The average molecular weight is 388 g/mol. The van der Waals surface area contributed by atoms with E-state index >= 15 is 0 Å². The predicted molar refractivity (Wildman–Crippen MR) is 96.8 cm³/mol. The van der Waals surface area contributed by atoms with Crippen molar-refractivity contribution in [2.45, 2.75) is 13.5 Å². The summed E-state index contributed by atoms with van der Waals surface area (Å²) in [6.45, 7) is 1.80. The molecule has 0 aliphatic heterocycles. The molecule has 1 aromatic carbocycles. The van der Waals surface area contributed by atoms with Gasteiger partial charge in [0, 0.05) is 0 Å². The summed E-state index contributed by atoms with van der Waals surface area (Å²) in [4.78, 5) is 47.1. The van der Waals surface area contributed by atoms with Gasteiger partial charge in [0.05, 0.1) is 31.5 Å². The van der Waals surface area contributed by atoms with E-state index in [1.54, 1.807) is 43.3 Å². The molecule has 4 amide bonds. The Bertz CT molecular complexity index is 834. The van der Waals surface area contributed by atoms with Gasteiger partial charge in [-0.3, -0.25) is 30.0 Å². The van der Waals surface area contributed by atoms with Crippen LogP contribution in [0.15, 0.2) is 47.1 Å². The second-order valence-electron chi connectivity index (χ2n) is 5.38. The maximum absolute atomic E-state index is 12.2. The molecule has 0 fully saturated rings. The van der Waals surface area contributed by atoms with Gasteiger partial charge < -0.3 is 19.8 Å². The second-order valence-corrected chi connectivity index (χ2v) is 5.38. The van der Waals surface area contributed by atoms with Crippen LogP contribution in [-0.4, -0.2) is 36.8 Å². The highest BCUT2D eigenvalue weighted by Gasteiger charge is 2.16. The molecule has 0 spiro atoms. The van der Waals surface area contributed by atoms with Gasteiger partial charge in [0.1, 0.15) is 11.5 Å². The van der Waals surface area contributed by atoms with Crippen LogP contribution in [0.3, 0.4) is 0 Å². The van der Waals surface area contributed by atoms with Crippen LogP contribution < -0.4 is 26.2 Å². The number of amides is 4. The maximum atomic E-state index is 12.2. The van der Waals surface area contributed by atoms with Gasteiger partial charge in [0.25, 0.3) is 11.8 Å². The first kappa shape index (κ1) is 20.5. The first-order chi connectivity index (χ1) is 13.5. The molecule has 0 aliphatic rings. The van der Waals surface area contributed by atoms with Crippen molar-refractivity contribution in [2.75, 3.05) is 13.2 Å². The molecule has 0 bridgehead atoms. The molecule has 148 valence electrons. The fraction of sp³-hybridized carbons (Fsp3) is 0.222. The summed E-state index contributed by atoms with van der Waals surface area (Å²) < 4.78 is 10.4. The van der Waals surface area contributed by atoms with Crippen molar-refractivity contribution >= 4 is 23.6 Å². The van der Waals surface area contributed by atoms with E-state index < -0.39 is 30.2 Å². The van der Waals surface area contributed by atoms with E-state index in [1.165, 1.54) is 6.26 Å². The van der Waals surface area contributed by atoms with Crippen LogP contribution in [0.2, 0.25) is 0 Å². The van der Waals surface area contributed by atoms with E-state index in [4.69, 9.17) is 9.15 Å². The molecule has 0 radical (unpaired) electrons. The van der Waals surface area contributed by atoms with Crippen LogP contribution in [0.25, 0.3) is 0 Å². The van der Waals surface area contributed by atoms with Crippen molar-refractivity contribution in [1.29, 1.82) is 0 Å². The van der Waals surface area contributed by atoms with Gasteiger partial charge in [-0.1, -0.05) is 12.1 Å². The van der Waals surface area contributed by atoms with E-state index in [2.05, 4.69) is 10.6 Å². The Morgan fingerprint density at radius 3 is 2.46 bits per heavy atom. The number of furan rings is 1. The lowest BCUT2D eigenvalue weighted by atomic mass is 10.2. The number of hydrazine groups is 1. The van der Waals surface area contributed by atoms with E-state index in [0.29, 0.717) is 18.1 Å². The second kappa shape index (κ2) is 10.4. The number of benzene rings is 1. The number of ether oxygens (including phenoxy) is 1. The van der Waals surface area contributed by atoms with Gasteiger partial charge in [0.2, 0.25) is 0 Å². The molecule has 2 rings (SSSR count). The lowest BCUT2D eigenvalue weighted by Crippen LogP contribution is -2.50. The minimum atomic E-state index is -1.06. The van der Waals surface area contributed by atoms with Gasteiger partial charge in [-0.15, -0.1) is 0 Å². The van der Waals surface area contributed by atoms with Crippen LogP contribution in [0.5, 0.6) is 5.75 Å². The minimum Gasteiger partial charge on any atom is -0.493 e. The van der Waals surface area contributed by atoms with Gasteiger partial charge in [-0.2, -0.15) is 0 Å². The molecule has 0 saturated heterocycles. The monoisotopic (exact) mass is 388 g/mol. The zero-order valence-corrected chi connectivity index (χ0v) is 15.1. The molecule has 0 saturated carbocycles. The third kappa shape index (κ3) is 6.16. The molecule has 2 aromatic rings. The van der Waals surface area contributed by atoms with Crippen molar-refractivity contribution in [2.24, 2.45) is 0 Å². The van der Waals surface area contributed by atoms with Crippen LogP contribution in [0.1, 0.15) is 23.0 Å². The SMILES string of the molecule is CCOc1ccccc1C(=O)NCC(=O)NNC(=O)C(=O)NCc1ccco1. The molecule has 1 heterocycles. The fourth-order valence-corrected chi connectivity index (χ4v) is 2.08. The Balaban J connectivity index is 1.72. The smallest absolute Gasteiger partial charge is 0.327 e. The van der Waals surface area contributed by atoms with Crippen molar-refractivity contribution < 1.29 is 28.3 Å². The number of para-hydroxylation sites is 1. The molecule has 1 aromatic heterocycles. The third-order valence-corrected chi connectivity index (χ3v) is 3.37. The van der Waals surface area contributed by atoms with Crippen molar-refractivity contribution in [3.05, 3.63) is 54.0 Å². The highest BCUT2D eigenvalue weighted by Crippen LogP contribution is 2.17. The molecule has 0 atom stereocenters. The molecule has 0 unspecified atom stereocenters. The number of rotatable bonds is 7. The quantitative estimate of drug-likeness (QED) is 0.385. The summed E-state index contributed by atoms with van der Waals surface area (Å²) >= 11 is 0. The zero-order chi connectivity index (χ0) is 20.4. The van der Waals surface area contributed by atoms with E-state index in [1.807, 2.05) is 10.9 Å². The Labute approximate surface area is 160 Å². The number of hydrogen-bond donors (Lipinski definition) is 4. The molecular formula is C18H20N4O6. The van der Waals surface area contributed by atoms with Crippen LogP contribution >= 0.6 is 0 Å². The van der Waals surface area contributed by atoms with Gasteiger partial charge in [0.15, 0.2) is 0 Å². The maximum Gasteiger partial charge on any atom is 0.327 e. The first-order valence-corrected chi connectivity index (χ1v) is 8.40. The zero-order valence-electron chi connectivity index (χ0n) is 15.1.